The average molecular weight is 194 g/mol. The molecule has 1 N–H and O–H groups in total. The van der Waals surface area contributed by atoms with E-state index in [-0.39, 0.29) is 11.5 Å². The van der Waals surface area contributed by atoms with Crippen LogP contribution in [0, 0.1) is 12.7 Å². The molecule has 0 fully saturated rings. The zero-order valence-electron chi connectivity index (χ0n) is 7.37. The molecular formula is C9H7FN2O2. The number of nitrogens with one attached hydrogen (secondary N) is 1. The molecular weight excluding hydrogens is 187 g/mol. The van der Waals surface area contributed by atoms with Gasteiger partial charge in [-0.2, -0.15) is 0 Å². The second-order valence-electron chi connectivity index (χ2n) is 2.90. The van der Waals surface area contributed by atoms with Gasteiger partial charge in [0.25, 0.3) is 5.89 Å². The minimum Gasteiger partial charge on any atom is -0.388 e. The molecule has 14 heavy (non-hydrogen) atoms. The monoisotopic (exact) mass is 194 g/mol. The lowest BCUT2D eigenvalue weighted by atomic mass is 10.1. The molecule has 0 radical (unpaired) electrons. The van der Waals surface area contributed by atoms with Crippen molar-refractivity contribution >= 4 is 0 Å². The third kappa shape index (κ3) is 1.44. The first-order valence-corrected chi connectivity index (χ1v) is 3.99. The van der Waals surface area contributed by atoms with Gasteiger partial charge in [0.05, 0.1) is 5.56 Å². The van der Waals surface area contributed by atoms with Crippen LogP contribution >= 0.6 is 0 Å². The summed E-state index contributed by atoms with van der Waals surface area (Å²) < 4.78 is 18.0. The van der Waals surface area contributed by atoms with Crippen LogP contribution in [0.15, 0.2) is 27.4 Å². The maximum absolute atomic E-state index is 13.3. The summed E-state index contributed by atoms with van der Waals surface area (Å²) in [7, 11) is 0. The van der Waals surface area contributed by atoms with Crippen molar-refractivity contribution in [2.75, 3.05) is 0 Å². The second-order valence-corrected chi connectivity index (χ2v) is 2.90. The third-order valence-electron chi connectivity index (χ3n) is 1.79. The lowest BCUT2D eigenvalue weighted by Crippen LogP contribution is -1.93. The van der Waals surface area contributed by atoms with E-state index in [0.29, 0.717) is 0 Å². The highest BCUT2D eigenvalue weighted by Crippen LogP contribution is 2.19. The molecule has 0 atom stereocenters. The Bertz CT molecular complexity index is 516. The van der Waals surface area contributed by atoms with Crippen LogP contribution < -0.4 is 5.76 Å². The number of hydrogen-bond donors (Lipinski definition) is 1. The predicted octanol–water partition coefficient (Wildman–Crippen LogP) is 1.48. The third-order valence-corrected chi connectivity index (χ3v) is 1.79. The molecule has 0 saturated heterocycles. The average Bonchev–Trinajstić information content (AvgIpc) is 2.51. The summed E-state index contributed by atoms with van der Waals surface area (Å²) in [5.74, 6) is -1.19. The van der Waals surface area contributed by atoms with Gasteiger partial charge in [-0.3, -0.25) is 0 Å². The van der Waals surface area contributed by atoms with E-state index in [9.17, 15) is 9.18 Å². The predicted molar refractivity (Wildman–Crippen MR) is 47.3 cm³/mol. The van der Waals surface area contributed by atoms with Crippen molar-refractivity contribution in [1.29, 1.82) is 0 Å². The molecule has 0 unspecified atom stereocenters. The lowest BCUT2D eigenvalue weighted by Gasteiger charge is -1.97. The van der Waals surface area contributed by atoms with Crippen LogP contribution in [0.1, 0.15) is 5.56 Å². The van der Waals surface area contributed by atoms with Gasteiger partial charge in [-0.05, 0) is 24.6 Å². The minimum atomic E-state index is -0.694. The van der Waals surface area contributed by atoms with Gasteiger partial charge in [-0.25, -0.2) is 14.3 Å². The Hall–Kier alpha value is -1.91. The smallest absolute Gasteiger partial charge is 0.388 e. The first kappa shape index (κ1) is 8.68. The summed E-state index contributed by atoms with van der Waals surface area (Å²) in [4.78, 5) is 10.6. The zero-order chi connectivity index (χ0) is 10.1. The van der Waals surface area contributed by atoms with Gasteiger partial charge >= 0.3 is 5.76 Å². The molecule has 0 aliphatic heterocycles. The van der Waals surface area contributed by atoms with Crippen LogP contribution in [0.3, 0.4) is 0 Å². The van der Waals surface area contributed by atoms with Gasteiger partial charge in [0.1, 0.15) is 5.82 Å². The van der Waals surface area contributed by atoms with E-state index in [4.69, 9.17) is 0 Å². The number of benzene rings is 1. The first-order chi connectivity index (χ1) is 6.66. The number of rotatable bonds is 1. The lowest BCUT2D eigenvalue weighted by molar-refractivity contribution is 0.521. The van der Waals surface area contributed by atoms with Crippen molar-refractivity contribution in [2.45, 2.75) is 6.92 Å². The molecule has 2 aromatic rings. The highest BCUT2D eigenvalue weighted by Gasteiger charge is 2.10. The molecule has 0 spiro atoms. The molecule has 1 aromatic carbocycles. The highest BCUT2D eigenvalue weighted by molar-refractivity contribution is 5.53. The number of halogens is 1. The Balaban J connectivity index is 2.57. The van der Waals surface area contributed by atoms with Gasteiger partial charge < -0.3 is 4.42 Å². The fourth-order valence-corrected chi connectivity index (χ4v) is 1.14. The van der Waals surface area contributed by atoms with E-state index in [0.717, 1.165) is 5.56 Å². The summed E-state index contributed by atoms with van der Waals surface area (Å²) in [5, 5.41) is 5.60. The van der Waals surface area contributed by atoms with Crippen LogP contribution in [-0.4, -0.2) is 10.2 Å². The Morgan fingerprint density at radius 1 is 1.50 bits per heavy atom. The van der Waals surface area contributed by atoms with E-state index in [1.54, 1.807) is 13.0 Å². The SMILES string of the molecule is Cc1ccc(-c2n[nH]c(=O)o2)c(F)c1. The fourth-order valence-electron chi connectivity index (χ4n) is 1.14. The van der Waals surface area contributed by atoms with Crippen molar-refractivity contribution in [3.05, 3.63) is 40.1 Å². The van der Waals surface area contributed by atoms with Crippen LogP contribution in [0.2, 0.25) is 0 Å². The number of nitrogens with zero attached hydrogens (tertiary/aromatic N) is 1. The summed E-state index contributed by atoms with van der Waals surface area (Å²) >= 11 is 0. The van der Waals surface area contributed by atoms with Gasteiger partial charge in [0, 0.05) is 0 Å². The van der Waals surface area contributed by atoms with E-state index in [1.807, 2.05) is 0 Å². The van der Waals surface area contributed by atoms with Crippen molar-refractivity contribution in [1.82, 2.24) is 10.2 Å². The normalized spacial score (nSPS) is 10.4. The molecule has 2 rings (SSSR count). The van der Waals surface area contributed by atoms with Crippen LogP contribution in [0.25, 0.3) is 11.5 Å². The van der Waals surface area contributed by atoms with Gasteiger partial charge in [0.15, 0.2) is 0 Å². The summed E-state index contributed by atoms with van der Waals surface area (Å²) in [6.07, 6.45) is 0. The van der Waals surface area contributed by atoms with E-state index in [2.05, 4.69) is 14.6 Å². The quantitative estimate of drug-likeness (QED) is 0.747. The van der Waals surface area contributed by atoms with Gasteiger partial charge in [-0.15, -0.1) is 5.10 Å². The number of aryl methyl sites for hydroxylation is 1. The summed E-state index contributed by atoms with van der Waals surface area (Å²) in [6.45, 7) is 1.77. The van der Waals surface area contributed by atoms with Crippen LogP contribution in [0.5, 0.6) is 0 Å². The number of hydrogen-bond acceptors (Lipinski definition) is 3. The maximum Gasteiger partial charge on any atom is 0.434 e. The number of aromatic nitrogens is 2. The van der Waals surface area contributed by atoms with E-state index < -0.39 is 11.6 Å². The Kier molecular flexibility index (Phi) is 1.92. The number of H-pyrrole nitrogens is 1. The largest absolute Gasteiger partial charge is 0.434 e. The van der Waals surface area contributed by atoms with Gasteiger partial charge in [-0.1, -0.05) is 6.07 Å². The Morgan fingerprint density at radius 3 is 2.86 bits per heavy atom. The highest BCUT2D eigenvalue weighted by atomic mass is 19.1. The molecule has 1 aromatic heterocycles. The second kappa shape index (κ2) is 3.10. The topological polar surface area (TPSA) is 58.9 Å². The summed E-state index contributed by atoms with van der Waals surface area (Å²) in [5.41, 5.74) is 0.970. The van der Waals surface area contributed by atoms with Crippen molar-refractivity contribution < 1.29 is 8.81 Å². The molecule has 0 amide bonds. The molecule has 0 aliphatic rings. The van der Waals surface area contributed by atoms with Crippen molar-refractivity contribution in [3.63, 3.8) is 0 Å². The standard InChI is InChI=1S/C9H7FN2O2/c1-5-2-3-6(7(10)4-5)8-11-12-9(13)14-8/h2-4H,1H3,(H,12,13). The van der Waals surface area contributed by atoms with Crippen molar-refractivity contribution in [2.24, 2.45) is 0 Å². The van der Waals surface area contributed by atoms with Crippen molar-refractivity contribution in [3.8, 4) is 11.5 Å². The molecule has 0 bridgehead atoms. The first-order valence-electron chi connectivity index (χ1n) is 3.99. The zero-order valence-corrected chi connectivity index (χ0v) is 7.37. The summed E-state index contributed by atoms with van der Waals surface area (Å²) in [6, 6.07) is 4.58. The molecule has 1 heterocycles. The molecule has 0 aliphatic carbocycles. The van der Waals surface area contributed by atoms with Crippen LogP contribution in [0.4, 0.5) is 4.39 Å². The molecule has 5 heteroatoms. The van der Waals surface area contributed by atoms with Gasteiger partial charge in [0.2, 0.25) is 0 Å². The van der Waals surface area contributed by atoms with E-state index >= 15 is 0 Å². The minimum absolute atomic E-state index is 0.0347. The molecule has 72 valence electrons. The van der Waals surface area contributed by atoms with Crippen LogP contribution in [-0.2, 0) is 0 Å². The Labute approximate surface area is 78.4 Å². The van der Waals surface area contributed by atoms with E-state index in [1.165, 1.54) is 12.1 Å². The maximum atomic E-state index is 13.3. The molecule has 4 nitrogen and oxygen atoms in total. The fraction of sp³-hybridized carbons (Fsp3) is 0.111. The number of aromatic amines is 1. The Morgan fingerprint density at radius 2 is 2.29 bits per heavy atom. The molecule has 0 saturated carbocycles.